The van der Waals surface area contributed by atoms with E-state index in [1.807, 2.05) is 0 Å². The van der Waals surface area contributed by atoms with Crippen LogP contribution in [0.2, 0.25) is 0 Å². The van der Waals surface area contributed by atoms with E-state index >= 15 is 0 Å². The number of amides is 2. The number of aliphatic carboxylic acids is 1. The van der Waals surface area contributed by atoms with Crippen LogP contribution in [0.5, 0.6) is 0 Å². The van der Waals surface area contributed by atoms with Gasteiger partial charge in [0.25, 0.3) is 0 Å². The quantitative estimate of drug-likeness (QED) is 0.820. The van der Waals surface area contributed by atoms with Gasteiger partial charge in [0.05, 0.1) is 5.92 Å². The summed E-state index contributed by atoms with van der Waals surface area (Å²) in [4.78, 5) is 37.7. The molecule has 2 aliphatic rings. The predicted octanol–water partition coefficient (Wildman–Crippen LogP) is 2.15. The van der Waals surface area contributed by atoms with Gasteiger partial charge in [-0.15, -0.1) is 0 Å². The Morgan fingerprint density at radius 2 is 1.75 bits per heavy atom. The molecule has 24 heavy (non-hydrogen) atoms. The third kappa shape index (κ3) is 4.61. The van der Waals surface area contributed by atoms with Crippen LogP contribution >= 0.6 is 0 Å². The molecule has 0 bridgehead atoms. The van der Waals surface area contributed by atoms with Crippen molar-refractivity contribution in [1.29, 1.82) is 0 Å². The first kappa shape index (κ1) is 18.5. The summed E-state index contributed by atoms with van der Waals surface area (Å²) in [5.74, 6) is -1.67. The second-order valence-corrected chi connectivity index (χ2v) is 7.68. The lowest BCUT2D eigenvalue weighted by atomic mass is 9.84. The first-order chi connectivity index (χ1) is 11.2. The van der Waals surface area contributed by atoms with Gasteiger partial charge in [-0.05, 0) is 46.5 Å². The topological polar surface area (TPSA) is 95.9 Å². The van der Waals surface area contributed by atoms with Gasteiger partial charge in [0.15, 0.2) is 0 Å². The first-order valence-electron chi connectivity index (χ1n) is 8.72. The molecule has 0 radical (unpaired) electrons. The Labute approximate surface area is 142 Å². The highest BCUT2D eigenvalue weighted by Crippen LogP contribution is 2.26. The lowest BCUT2D eigenvalue weighted by Gasteiger charge is -2.32. The minimum Gasteiger partial charge on any atom is -0.481 e. The van der Waals surface area contributed by atoms with Gasteiger partial charge in [-0.3, -0.25) is 14.5 Å². The average Bonchev–Trinajstić information content (AvgIpc) is 2.95. The lowest BCUT2D eigenvalue weighted by molar-refractivity contribution is -0.144. The fourth-order valence-corrected chi connectivity index (χ4v) is 3.46. The largest absolute Gasteiger partial charge is 0.481 e. The van der Waals surface area contributed by atoms with Gasteiger partial charge in [-0.25, -0.2) is 4.79 Å². The minimum absolute atomic E-state index is 0.267. The number of carboxylic acids is 1. The van der Waals surface area contributed by atoms with Gasteiger partial charge >= 0.3 is 12.1 Å². The summed E-state index contributed by atoms with van der Waals surface area (Å²) < 4.78 is 5.36. The molecule has 3 unspecified atom stereocenters. The number of nitrogens with one attached hydrogen (secondary N) is 1. The molecule has 2 fully saturated rings. The van der Waals surface area contributed by atoms with Gasteiger partial charge in [-0.1, -0.05) is 12.8 Å². The number of nitrogens with zero attached hydrogens (tertiary/aromatic N) is 1. The monoisotopic (exact) mass is 340 g/mol. The highest BCUT2D eigenvalue weighted by molar-refractivity contribution is 5.87. The van der Waals surface area contributed by atoms with Crippen molar-refractivity contribution in [2.45, 2.75) is 77.0 Å². The number of carboxylic acid groups (broad SMARTS) is 1. The zero-order valence-electron chi connectivity index (χ0n) is 14.7. The van der Waals surface area contributed by atoms with E-state index < -0.39 is 29.6 Å². The van der Waals surface area contributed by atoms with Crippen molar-refractivity contribution in [2.75, 3.05) is 6.54 Å². The van der Waals surface area contributed by atoms with Gasteiger partial charge in [0, 0.05) is 12.6 Å². The number of rotatable bonds is 3. The molecule has 1 saturated heterocycles. The van der Waals surface area contributed by atoms with Crippen molar-refractivity contribution >= 4 is 18.0 Å². The van der Waals surface area contributed by atoms with Crippen molar-refractivity contribution in [2.24, 2.45) is 5.92 Å². The van der Waals surface area contributed by atoms with E-state index in [1.165, 1.54) is 4.90 Å². The van der Waals surface area contributed by atoms with Crippen LogP contribution in [0.3, 0.4) is 0 Å². The van der Waals surface area contributed by atoms with Crippen LogP contribution in [0.15, 0.2) is 0 Å². The number of ether oxygens (including phenoxy) is 1. The van der Waals surface area contributed by atoms with Gasteiger partial charge < -0.3 is 15.2 Å². The fraction of sp³-hybridized carbons (Fsp3) is 0.824. The molecule has 2 N–H and O–H groups in total. The van der Waals surface area contributed by atoms with E-state index in [-0.39, 0.29) is 11.9 Å². The second kappa shape index (κ2) is 7.40. The summed E-state index contributed by atoms with van der Waals surface area (Å²) in [6.07, 6.45) is 3.87. The summed E-state index contributed by atoms with van der Waals surface area (Å²) in [5, 5.41) is 12.2. The first-order valence-corrected chi connectivity index (χ1v) is 8.72. The molecular weight excluding hydrogens is 312 g/mol. The normalized spacial score (nSPS) is 27.6. The van der Waals surface area contributed by atoms with Crippen LogP contribution in [-0.4, -0.2) is 52.2 Å². The average molecular weight is 340 g/mol. The van der Waals surface area contributed by atoms with E-state index in [2.05, 4.69) is 5.32 Å². The van der Waals surface area contributed by atoms with Crippen LogP contribution in [-0.2, 0) is 14.3 Å². The number of hydrogen-bond donors (Lipinski definition) is 2. The molecule has 2 rings (SSSR count). The van der Waals surface area contributed by atoms with Gasteiger partial charge in [-0.2, -0.15) is 0 Å². The maximum atomic E-state index is 12.6. The molecule has 7 heteroatoms. The van der Waals surface area contributed by atoms with E-state index in [9.17, 15) is 19.5 Å². The summed E-state index contributed by atoms with van der Waals surface area (Å²) in [6, 6.07) is -0.930. The molecule has 0 aromatic heterocycles. The lowest BCUT2D eigenvalue weighted by Crippen LogP contribution is -2.52. The van der Waals surface area contributed by atoms with Crippen LogP contribution < -0.4 is 5.32 Å². The summed E-state index contributed by atoms with van der Waals surface area (Å²) in [7, 11) is 0. The van der Waals surface area contributed by atoms with Crippen molar-refractivity contribution in [1.82, 2.24) is 10.2 Å². The Balaban J connectivity index is 2.00. The zero-order valence-corrected chi connectivity index (χ0v) is 14.7. The van der Waals surface area contributed by atoms with Crippen LogP contribution in [0.4, 0.5) is 4.79 Å². The van der Waals surface area contributed by atoms with Crippen molar-refractivity contribution in [3.05, 3.63) is 0 Å². The molecule has 0 aromatic carbocycles. The smallest absolute Gasteiger partial charge is 0.410 e. The van der Waals surface area contributed by atoms with E-state index in [1.54, 1.807) is 20.8 Å². The Morgan fingerprint density at radius 1 is 1.08 bits per heavy atom. The summed E-state index contributed by atoms with van der Waals surface area (Å²) in [5.41, 5.74) is -0.613. The standard InChI is InChI=1S/C17H28N2O5/c1-17(2,3)24-16(23)19-10-6-9-13(19)14(20)18-12-8-5-4-7-11(12)15(21)22/h11-13H,4-10H2,1-3H3,(H,18,20)(H,21,22). The third-order valence-corrected chi connectivity index (χ3v) is 4.59. The number of hydrogen-bond acceptors (Lipinski definition) is 4. The number of likely N-dealkylation sites (tertiary alicyclic amines) is 1. The van der Waals surface area contributed by atoms with Crippen LogP contribution in [0.25, 0.3) is 0 Å². The van der Waals surface area contributed by atoms with Crippen molar-refractivity contribution in [3.63, 3.8) is 0 Å². The molecule has 0 aromatic rings. The molecule has 1 aliphatic carbocycles. The molecular formula is C17H28N2O5. The second-order valence-electron chi connectivity index (χ2n) is 7.68. The molecule has 1 aliphatic heterocycles. The van der Waals surface area contributed by atoms with Crippen molar-refractivity contribution in [3.8, 4) is 0 Å². The SMILES string of the molecule is CC(C)(C)OC(=O)N1CCCC1C(=O)NC1CCCCC1C(=O)O. The Kier molecular flexibility index (Phi) is 5.72. The number of carbonyl (C=O) groups is 3. The molecule has 1 heterocycles. The Morgan fingerprint density at radius 3 is 2.38 bits per heavy atom. The maximum Gasteiger partial charge on any atom is 0.410 e. The van der Waals surface area contributed by atoms with E-state index in [0.717, 1.165) is 19.3 Å². The number of carbonyl (C=O) groups excluding carboxylic acids is 2. The Hall–Kier alpha value is -1.79. The summed E-state index contributed by atoms with van der Waals surface area (Å²) >= 11 is 0. The fourth-order valence-electron chi connectivity index (χ4n) is 3.46. The van der Waals surface area contributed by atoms with Crippen LogP contribution in [0.1, 0.15) is 59.3 Å². The molecule has 3 atom stereocenters. The van der Waals surface area contributed by atoms with Gasteiger partial charge in [0.1, 0.15) is 11.6 Å². The third-order valence-electron chi connectivity index (χ3n) is 4.59. The summed E-state index contributed by atoms with van der Waals surface area (Å²) in [6.45, 7) is 5.85. The highest BCUT2D eigenvalue weighted by atomic mass is 16.6. The zero-order chi connectivity index (χ0) is 17.9. The van der Waals surface area contributed by atoms with Gasteiger partial charge in [0.2, 0.25) is 5.91 Å². The highest BCUT2D eigenvalue weighted by Gasteiger charge is 2.39. The minimum atomic E-state index is -0.865. The van der Waals surface area contributed by atoms with Crippen molar-refractivity contribution < 1.29 is 24.2 Å². The van der Waals surface area contributed by atoms with Crippen LogP contribution in [0, 0.1) is 5.92 Å². The molecule has 1 saturated carbocycles. The van der Waals surface area contributed by atoms with E-state index in [4.69, 9.17) is 4.74 Å². The molecule has 136 valence electrons. The Bertz CT molecular complexity index is 500. The predicted molar refractivity (Wildman–Crippen MR) is 87.5 cm³/mol. The molecule has 2 amide bonds. The van der Waals surface area contributed by atoms with E-state index in [0.29, 0.717) is 25.8 Å². The maximum absolute atomic E-state index is 12.6. The molecule has 0 spiro atoms. The molecule has 7 nitrogen and oxygen atoms in total.